The number of hydrogen-bond donors (Lipinski definition) is 1. The average Bonchev–Trinajstić information content (AvgIpc) is 3.22. The number of nitrogens with one attached hydrogen (secondary N) is 1. The van der Waals surface area contributed by atoms with E-state index >= 15 is 0 Å². The van der Waals surface area contributed by atoms with Crippen LogP contribution in [0, 0.1) is 0 Å². The molecule has 2 aromatic heterocycles. The van der Waals surface area contributed by atoms with E-state index in [1.54, 1.807) is 0 Å². The van der Waals surface area contributed by atoms with Gasteiger partial charge in [-0.15, -0.1) is 5.10 Å². The van der Waals surface area contributed by atoms with Crippen LogP contribution < -0.4 is 0 Å². The largest absolute Gasteiger partial charge is 0.342 e. The second-order valence-electron chi connectivity index (χ2n) is 6.60. The maximum Gasteiger partial charge on any atom is 0.113 e. The van der Waals surface area contributed by atoms with Gasteiger partial charge in [0.1, 0.15) is 11.5 Å². The van der Waals surface area contributed by atoms with Crippen LogP contribution in [-0.4, -0.2) is 25.0 Å². The van der Waals surface area contributed by atoms with Gasteiger partial charge in [-0.1, -0.05) is 47.7 Å². The lowest BCUT2D eigenvalue weighted by atomic mass is 10.0. The van der Waals surface area contributed by atoms with Gasteiger partial charge in [-0.3, -0.25) is 0 Å². The maximum absolute atomic E-state index is 4.67. The summed E-state index contributed by atoms with van der Waals surface area (Å²) < 4.78 is 1.92. The number of hydrogen-bond acceptors (Lipinski definition) is 3. The molecule has 0 aliphatic carbocycles. The highest BCUT2D eigenvalue weighted by Gasteiger charge is 2.24. The van der Waals surface area contributed by atoms with Crippen molar-refractivity contribution in [1.29, 1.82) is 0 Å². The summed E-state index contributed by atoms with van der Waals surface area (Å²) in [5.41, 5.74) is 3.78. The highest BCUT2D eigenvalue weighted by Crippen LogP contribution is 2.23. The average molecular weight is 317 g/mol. The van der Waals surface area contributed by atoms with E-state index in [1.165, 1.54) is 0 Å². The Balaban J connectivity index is 1.61. The summed E-state index contributed by atoms with van der Waals surface area (Å²) in [6, 6.07) is 18.2. The Morgan fingerprint density at radius 1 is 1.00 bits per heavy atom. The molecule has 4 rings (SSSR count). The van der Waals surface area contributed by atoms with Gasteiger partial charge in [0.2, 0.25) is 0 Å². The van der Waals surface area contributed by atoms with Crippen molar-refractivity contribution in [3.63, 3.8) is 0 Å². The number of fused-ring (bicyclic) bond motifs is 1. The summed E-state index contributed by atoms with van der Waals surface area (Å²) in [7, 11) is 0. The van der Waals surface area contributed by atoms with Gasteiger partial charge >= 0.3 is 0 Å². The van der Waals surface area contributed by atoms with E-state index in [-0.39, 0.29) is 5.54 Å². The molecule has 0 saturated carbocycles. The molecule has 2 aromatic carbocycles. The third-order valence-electron chi connectivity index (χ3n) is 4.22. The number of para-hydroxylation sites is 2. The van der Waals surface area contributed by atoms with Gasteiger partial charge in [0.15, 0.2) is 0 Å². The topological polar surface area (TPSA) is 59.4 Å². The Hall–Kier alpha value is -2.95. The molecular weight excluding hydrogens is 298 g/mol. The fourth-order valence-corrected chi connectivity index (χ4v) is 2.88. The normalized spacial score (nSPS) is 11.9. The molecule has 0 unspecified atom stereocenters. The SMILES string of the molecule is CC(C)(Cc1nc2ccccc2[nH]1)n1cc(-c2ccccc2)nn1. The molecule has 0 aliphatic heterocycles. The lowest BCUT2D eigenvalue weighted by Gasteiger charge is -2.23. The summed E-state index contributed by atoms with van der Waals surface area (Å²) in [5, 5.41) is 8.66. The van der Waals surface area contributed by atoms with Crippen molar-refractivity contribution in [3.05, 3.63) is 66.6 Å². The van der Waals surface area contributed by atoms with E-state index in [0.29, 0.717) is 0 Å². The van der Waals surface area contributed by atoms with Crippen molar-refractivity contribution in [2.75, 3.05) is 0 Å². The summed E-state index contributed by atoms with van der Waals surface area (Å²) in [6.45, 7) is 4.28. The number of benzene rings is 2. The smallest absolute Gasteiger partial charge is 0.113 e. The number of nitrogens with zero attached hydrogens (tertiary/aromatic N) is 4. The summed E-state index contributed by atoms with van der Waals surface area (Å²) in [4.78, 5) is 8.06. The Labute approximate surface area is 140 Å². The van der Waals surface area contributed by atoms with E-state index < -0.39 is 0 Å². The van der Waals surface area contributed by atoms with Crippen molar-refractivity contribution in [2.45, 2.75) is 25.8 Å². The van der Waals surface area contributed by atoms with E-state index in [1.807, 2.05) is 65.5 Å². The van der Waals surface area contributed by atoms with Gasteiger partial charge in [-0.05, 0) is 26.0 Å². The Bertz CT molecular complexity index is 933. The molecular formula is C19H19N5. The Morgan fingerprint density at radius 2 is 1.75 bits per heavy atom. The van der Waals surface area contributed by atoms with Crippen molar-refractivity contribution in [3.8, 4) is 11.3 Å². The van der Waals surface area contributed by atoms with E-state index in [9.17, 15) is 0 Å². The molecule has 0 radical (unpaired) electrons. The lowest BCUT2D eigenvalue weighted by molar-refractivity contribution is 0.305. The van der Waals surface area contributed by atoms with E-state index in [4.69, 9.17) is 0 Å². The molecule has 24 heavy (non-hydrogen) atoms. The molecule has 0 fully saturated rings. The third kappa shape index (κ3) is 2.69. The number of aromatic amines is 1. The Kier molecular flexibility index (Phi) is 3.41. The van der Waals surface area contributed by atoms with Crippen molar-refractivity contribution in [2.24, 2.45) is 0 Å². The standard InChI is InChI=1S/C19H19N5/c1-19(2,12-18-20-15-10-6-7-11-16(15)21-18)24-13-17(22-23-24)14-8-4-3-5-9-14/h3-11,13H,12H2,1-2H3,(H,20,21). The van der Waals surface area contributed by atoms with Crippen molar-refractivity contribution < 1.29 is 0 Å². The lowest BCUT2D eigenvalue weighted by Crippen LogP contribution is -2.30. The minimum absolute atomic E-state index is 0.228. The first-order valence-electron chi connectivity index (χ1n) is 8.04. The predicted molar refractivity (Wildman–Crippen MR) is 94.6 cm³/mol. The molecule has 0 aliphatic rings. The second kappa shape index (κ2) is 5.60. The second-order valence-corrected chi connectivity index (χ2v) is 6.60. The molecule has 0 saturated heterocycles. The highest BCUT2D eigenvalue weighted by atomic mass is 15.4. The zero-order chi connectivity index (χ0) is 16.6. The molecule has 4 aromatic rings. The summed E-state index contributed by atoms with van der Waals surface area (Å²) in [6.07, 6.45) is 2.75. The first-order valence-corrected chi connectivity index (χ1v) is 8.04. The highest BCUT2D eigenvalue weighted by molar-refractivity contribution is 5.74. The Morgan fingerprint density at radius 3 is 2.54 bits per heavy atom. The van der Waals surface area contributed by atoms with E-state index in [2.05, 4.69) is 34.1 Å². The van der Waals surface area contributed by atoms with Crippen LogP contribution in [0.4, 0.5) is 0 Å². The fourth-order valence-electron chi connectivity index (χ4n) is 2.88. The van der Waals surface area contributed by atoms with Gasteiger partial charge in [0.25, 0.3) is 0 Å². The molecule has 0 spiro atoms. The van der Waals surface area contributed by atoms with Crippen LogP contribution in [0.15, 0.2) is 60.8 Å². The molecule has 0 bridgehead atoms. The third-order valence-corrected chi connectivity index (χ3v) is 4.22. The summed E-state index contributed by atoms with van der Waals surface area (Å²) >= 11 is 0. The minimum atomic E-state index is -0.228. The molecule has 120 valence electrons. The van der Waals surface area contributed by atoms with Crippen molar-refractivity contribution >= 4 is 11.0 Å². The molecule has 0 amide bonds. The zero-order valence-corrected chi connectivity index (χ0v) is 13.8. The first-order chi connectivity index (χ1) is 11.6. The number of imidazole rings is 1. The zero-order valence-electron chi connectivity index (χ0n) is 13.8. The summed E-state index contributed by atoms with van der Waals surface area (Å²) in [5.74, 6) is 0.956. The van der Waals surface area contributed by atoms with Crippen molar-refractivity contribution in [1.82, 2.24) is 25.0 Å². The maximum atomic E-state index is 4.67. The number of H-pyrrole nitrogens is 1. The van der Waals surface area contributed by atoms with Crippen LogP contribution in [0.5, 0.6) is 0 Å². The van der Waals surface area contributed by atoms with Crippen LogP contribution in [-0.2, 0) is 12.0 Å². The van der Waals surface area contributed by atoms with Crippen LogP contribution >= 0.6 is 0 Å². The van der Waals surface area contributed by atoms with Crippen LogP contribution in [0.3, 0.4) is 0 Å². The number of aromatic nitrogens is 5. The van der Waals surface area contributed by atoms with Crippen LogP contribution in [0.25, 0.3) is 22.3 Å². The molecule has 1 N–H and O–H groups in total. The van der Waals surface area contributed by atoms with E-state index in [0.717, 1.165) is 34.5 Å². The van der Waals surface area contributed by atoms with Gasteiger partial charge in [0.05, 0.1) is 22.8 Å². The fraction of sp³-hybridized carbons (Fsp3) is 0.211. The minimum Gasteiger partial charge on any atom is -0.342 e. The molecule has 5 nitrogen and oxygen atoms in total. The van der Waals surface area contributed by atoms with Gasteiger partial charge in [-0.25, -0.2) is 9.67 Å². The predicted octanol–water partition coefficient (Wildman–Crippen LogP) is 3.80. The quantitative estimate of drug-likeness (QED) is 0.623. The van der Waals surface area contributed by atoms with Crippen LogP contribution in [0.1, 0.15) is 19.7 Å². The molecule has 2 heterocycles. The van der Waals surface area contributed by atoms with Gasteiger partial charge in [0, 0.05) is 12.0 Å². The monoisotopic (exact) mass is 317 g/mol. The van der Waals surface area contributed by atoms with Gasteiger partial charge in [-0.2, -0.15) is 0 Å². The van der Waals surface area contributed by atoms with Gasteiger partial charge < -0.3 is 4.98 Å². The van der Waals surface area contributed by atoms with Crippen LogP contribution in [0.2, 0.25) is 0 Å². The first kappa shape index (κ1) is 14.6. The molecule has 0 atom stereocenters. The number of rotatable bonds is 4. The molecule has 5 heteroatoms.